The monoisotopic (exact) mass is 162 g/mol. The molecule has 0 aromatic rings. The first kappa shape index (κ1) is 10.3. The summed E-state index contributed by atoms with van der Waals surface area (Å²) < 4.78 is 0. The van der Waals surface area contributed by atoms with Crippen LogP contribution in [-0.2, 0) is 4.79 Å². The van der Waals surface area contributed by atoms with Gasteiger partial charge in [0.15, 0.2) is 0 Å². The molecule has 0 saturated heterocycles. The first-order valence-electron chi connectivity index (χ1n) is 3.44. The number of hydrogen-bond donors (Lipinski definition) is 4. The van der Waals surface area contributed by atoms with Crippen molar-refractivity contribution in [3.8, 4) is 0 Å². The van der Waals surface area contributed by atoms with Gasteiger partial charge in [0.05, 0.1) is 6.10 Å². The Labute approximate surface area is 65.0 Å². The third-order valence-corrected chi connectivity index (χ3v) is 1.34. The Morgan fingerprint density at radius 1 is 1.55 bits per heavy atom. The smallest absolute Gasteiger partial charge is 0.320 e. The van der Waals surface area contributed by atoms with E-state index in [1.165, 1.54) is 0 Å². The van der Waals surface area contributed by atoms with Crippen LogP contribution in [0.15, 0.2) is 0 Å². The van der Waals surface area contributed by atoms with E-state index in [-0.39, 0.29) is 6.42 Å². The summed E-state index contributed by atoms with van der Waals surface area (Å²) in [5, 5.41) is 17.4. The number of aliphatic hydroxyl groups is 1. The molecule has 6 N–H and O–H groups in total. The highest BCUT2D eigenvalue weighted by molar-refractivity contribution is 5.73. The lowest BCUT2D eigenvalue weighted by Crippen LogP contribution is -2.34. The molecule has 5 heteroatoms. The molecule has 2 atom stereocenters. The Hall–Kier alpha value is -0.650. The fourth-order valence-electron chi connectivity index (χ4n) is 0.704. The molecule has 0 aliphatic rings. The molecule has 0 aromatic carbocycles. The van der Waals surface area contributed by atoms with Crippen molar-refractivity contribution >= 4 is 5.97 Å². The van der Waals surface area contributed by atoms with E-state index in [1.807, 2.05) is 0 Å². The quantitative estimate of drug-likeness (QED) is 0.393. The lowest BCUT2D eigenvalue weighted by Gasteiger charge is -2.11. The second-order valence-corrected chi connectivity index (χ2v) is 2.41. The van der Waals surface area contributed by atoms with E-state index in [0.717, 1.165) is 0 Å². The molecule has 0 aliphatic heterocycles. The van der Waals surface area contributed by atoms with Gasteiger partial charge in [-0.2, -0.15) is 0 Å². The Morgan fingerprint density at radius 3 is 2.45 bits per heavy atom. The van der Waals surface area contributed by atoms with Crippen molar-refractivity contribution in [1.29, 1.82) is 0 Å². The molecule has 0 bridgehead atoms. The molecule has 0 fully saturated rings. The summed E-state index contributed by atoms with van der Waals surface area (Å²) >= 11 is 0. The molecule has 1 unspecified atom stereocenters. The predicted molar refractivity (Wildman–Crippen MR) is 39.9 cm³/mol. The first-order chi connectivity index (χ1) is 5.07. The molecule has 0 rings (SSSR count). The molecule has 0 amide bonds. The Bertz CT molecular complexity index is 129. The van der Waals surface area contributed by atoms with E-state index < -0.39 is 18.1 Å². The van der Waals surface area contributed by atoms with Gasteiger partial charge in [0.2, 0.25) is 0 Å². The Kier molecular flexibility index (Phi) is 4.76. The van der Waals surface area contributed by atoms with Crippen LogP contribution in [0, 0.1) is 0 Å². The lowest BCUT2D eigenvalue weighted by molar-refractivity contribution is -0.139. The number of rotatable bonds is 5. The number of carboxylic acid groups (broad SMARTS) is 1. The van der Waals surface area contributed by atoms with E-state index in [2.05, 4.69) is 0 Å². The standard InChI is InChI=1S/C6H14N2O3/c7-2-1-4(9)3-5(8)6(10)11/h4-5,9H,1-3,7-8H2,(H,10,11)/t4?,5-/m1/s1. The van der Waals surface area contributed by atoms with Crippen molar-refractivity contribution in [2.45, 2.75) is 25.0 Å². The van der Waals surface area contributed by atoms with Crippen molar-refractivity contribution < 1.29 is 15.0 Å². The Balaban J connectivity index is 3.56. The van der Waals surface area contributed by atoms with Gasteiger partial charge in [-0.25, -0.2) is 0 Å². The minimum atomic E-state index is -1.10. The summed E-state index contributed by atoms with van der Waals surface area (Å²) in [4.78, 5) is 10.2. The molecule has 0 heterocycles. The van der Waals surface area contributed by atoms with E-state index >= 15 is 0 Å². The van der Waals surface area contributed by atoms with Crippen LogP contribution in [0.4, 0.5) is 0 Å². The van der Waals surface area contributed by atoms with Gasteiger partial charge in [-0.3, -0.25) is 4.79 Å². The molecule has 5 nitrogen and oxygen atoms in total. The van der Waals surface area contributed by atoms with E-state index in [0.29, 0.717) is 13.0 Å². The predicted octanol–water partition coefficient (Wildman–Crippen LogP) is -1.50. The van der Waals surface area contributed by atoms with Crippen molar-refractivity contribution in [1.82, 2.24) is 0 Å². The largest absolute Gasteiger partial charge is 0.480 e. The maximum atomic E-state index is 10.2. The van der Waals surface area contributed by atoms with Gasteiger partial charge in [0.1, 0.15) is 6.04 Å². The molecule has 66 valence electrons. The maximum absolute atomic E-state index is 10.2. The van der Waals surface area contributed by atoms with Crippen LogP contribution in [0.5, 0.6) is 0 Å². The summed E-state index contributed by atoms with van der Waals surface area (Å²) in [6.45, 7) is 0.341. The zero-order valence-electron chi connectivity index (χ0n) is 6.23. The summed E-state index contributed by atoms with van der Waals surface area (Å²) in [6.07, 6.45) is -0.251. The van der Waals surface area contributed by atoms with Gasteiger partial charge in [-0.15, -0.1) is 0 Å². The third kappa shape index (κ3) is 4.72. The van der Waals surface area contributed by atoms with Crippen molar-refractivity contribution in [3.63, 3.8) is 0 Å². The van der Waals surface area contributed by atoms with Gasteiger partial charge in [-0.05, 0) is 19.4 Å². The van der Waals surface area contributed by atoms with Crippen molar-refractivity contribution in [2.75, 3.05) is 6.54 Å². The van der Waals surface area contributed by atoms with Crippen LogP contribution in [-0.4, -0.2) is 34.9 Å². The van der Waals surface area contributed by atoms with Crippen LogP contribution in [0.25, 0.3) is 0 Å². The summed E-state index contributed by atoms with van der Waals surface area (Å²) in [6, 6.07) is -0.989. The fraction of sp³-hybridized carbons (Fsp3) is 0.833. The van der Waals surface area contributed by atoms with Crippen LogP contribution >= 0.6 is 0 Å². The summed E-state index contributed by atoms with van der Waals surface area (Å²) in [5.41, 5.74) is 10.3. The third-order valence-electron chi connectivity index (χ3n) is 1.34. The highest BCUT2D eigenvalue weighted by Crippen LogP contribution is 1.99. The van der Waals surface area contributed by atoms with Crippen LogP contribution < -0.4 is 11.5 Å². The highest BCUT2D eigenvalue weighted by atomic mass is 16.4. The number of carboxylic acids is 1. The SMILES string of the molecule is NCCC(O)C[C@@H](N)C(=O)O. The molecular weight excluding hydrogens is 148 g/mol. The van der Waals surface area contributed by atoms with E-state index in [1.54, 1.807) is 0 Å². The molecule has 0 spiro atoms. The molecule has 0 aromatic heterocycles. The zero-order chi connectivity index (χ0) is 8.85. The number of aliphatic hydroxyl groups excluding tert-OH is 1. The normalized spacial score (nSPS) is 15.9. The van der Waals surface area contributed by atoms with Crippen molar-refractivity contribution in [2.24, 2.45) is 11.5 Å². The van der Waals surface area contributed by atoms with Crippen LogP contribution in [0.3, 0.4) is 0 Å². The maximum Gasteiger partial charge on any atom is 0.320 e. The number of hydrogen-bond acceptors (Lipinski definition) is 4. The van der Waals surface area contributed by atoms with Crippen molar-refractivity contribution in [3.05, 3.63) is 0 Å². The van der Waals surface area contributed by atoms with Gasteiger partial charge < -0.3 is 21.7 Å². The van der Waals surface area contributed by atoms with E-state index in [9.17, 15) is 4.79 Å². The lowest BCUT2D eigenvalue weighted by atomic mass is 10.1. The van der Waals surface area contributed by atoms with Gasteiger partial charge in [0, 0.05) is 0 Å². The second-order valence-electron chi connectivity index (χ2n) is 2.41. The highest BCUT2D eigenvalue weighted by Gasteiger charge is 2.15. The minimum Gasteiger partial charge on any atom is -0.480 e. The number of aliphatic carboxylic acids is 1. The summed E-state index contributed by atoms with van der Waals surface area (Å²) in [5.74, 6) is -1.10. The molecule has 11 heavy (non-hydrogen) atoms. The fourth-order valence-corrected chi connectivity index (χ4v) is 0.704. The van der Waals surface area contributed by atoms with Crippen LogP contribution in [0.2, 0.25) is 0 Å². The van der Waals surface area contributed by atoms with Gasteiger partial charge >= 0.3 is 5.97 Å². The molecule has 0 aliphatic carbocycles. The number of carbonyl (C=O) groups is 1. The van der Waals surface area contributed by atoms with E-state index in [4.69, 9.17) is 21.7 Å². The van der Waals surface area contributed by atoms with Crippen LogP contribution in [0.1, 0.15) is 12.8 Å². The average Bonchev–Trinajstić information content (AvgIpc) is 1.87. The van der Waals surface area contributed by atoms with Gasteiger partial charge in [0.25, 0.3) is 0 Å². The minimum absolute atomic E-state index is 0.0620. The topological polar surface area (TPSA) is 110 Å². The number of nitrogens with two attached hydrogens (primary N) is 2. The second kappa shape index (κ2) is 5.06. The van der Waals surface area contributed by atoms with Gasteiger partial charge in [-0.1, -0.05) is 0 Å². The summed E-state index contributed by atoms with van der Waals surface area (Å²) in [7, 11) is 0. The Morgan fingerprint density at radius 2 is 2.09 bits per heavy atom. The zero-order valence-corrected chi connectivity index (χ0v) is 6.23. The molecule has 0 saturated carbocycles. The first-order valence-corrected chi connectivity index (χ1v) is 3.44. The molecule has 0 radical (unpaired) electrons. The molecular formula is C6H14N2O3. The average molecular weight is 162 g/mol.